The van der Waals surface area contributed by atoms with Gasteiger partial charge in [-0.25, -0.2) is 4.98 Å². The molecule has 1 aromatic heterocycles. The van der Waals surface area contributed by atoms with Gasteiger partial charge in [-0.15, -0.1) is 4.73 Å². The van der Waals surface area contributed by atoms with E-state index in [4.69, 9.17) is 17.3 Å². The molecule has 0 aliphatic heterocycles. The van der Waals surface area contributed by atoms with Crippen molar-refractivity contribution in [3.05, 3.63) is 16.2 Å². The lowest BCUT2D eigenvalue weighted by atomic mass is 10.2. The smallest absolute Gasteiger partial charge is 0.236 e. The van der Waals surface area contributed by atoms with Gasteiger partial charge in [0.15, 0.2) is 5.49 Å². The summed E-state index contributed by atoms with van der Waals surface area (Å²) in [5.41, 5.74) is 6.26. The Morgan fingerprint density at radius 1 is 1.62 bits per heavy atom. The second-order valence-electron chi connectivity index (χ2n) is 3.76. The van der Waals surface area contributed by atoms with Crippen LogP contribution in [0, 0.1) is 5.92 Å². The lowest BCUT2D eigenvalue weighted by Gasteiger charge is -2.08. The number of nitrogens with zero attached hydrogens (tertiary/aromatic N) is 3. The molecule has 0 aliphatic carbocycles. The fourth-order valence-electron chi connectivity index (χ4n) is 1.08. The van der Waals surface area contributed by atoms with Crippen molar-refractivity contribution in [2.24, 2.45) is 10.9 Å². The number of rotatable bonds is 3. The Kier molecular flexibility index (Phi) is 4.49. The highest BCUT2D eigenvalue weighted by atomic mass is 35.5. The summed E-state index contributed by atoms with van der Waals surface area (Å²) in [4.78, 5) is 8.10. The molecule has 0 radical (unpaired) electrons. The molecule has 0 saturated carbocycles. The van der Waals surface area contributed by atoms with E-state index in [-0.39, 0.29) is 16.5 Å². The van der Waals surface area contributed by atoms with Crippen molar-refractivity contribution in [1.29, 1.82) is 0 Å². The third-order valence-corrected chi connectivity index (χ3v) is 2.56. The van der Waals surface area contributed by atoms with Gasteiger partial charge in [-0.1, -0.05) is 25.4 Å². The van der Waals surface area contributed by atoms with Gasteiger partial charge in [-0.3, -0.25) is 4.99 Å². The zero-order chi connectivity index (χ0) is 12.3. The Bertz CT molecular complexity index is 444. The van der Waals surface area contributed by atoms with E-state index in [0.29, 0.717) is 28.6 Å². The number of hydrogen-bond donors (Lipinski definition) is 3. The first-order chi connectivity index (χ1) is 7.47. The zero-order valence-corrected chi connectivity index (χ0v) is 10.8. The molecule has 1 rings (SSSR count). The van der Waals surface area contributed by atoms with E-state index in [1.54, 1.807) is 0 Å². The summed E-state index contributed by atoms with van der Waals surface area (Å²) < 4.78 is 0.692. The minimum atomic E-state index is -0.0454. The molecule has 1 heterocycles. The van der Waals surface area contributed by atoms with E-state index >= 15 is 0 Å². The van der Waals surface area contributed by atoms with E-state index in [1.165, 1.54) is 0 Å². The Hall–Kier alpha value is -0.880. The largest absolute Gasteiger partial charge is 0.423 e. The molecule has 0 spiro atoms. The van der Waals surface area contributed by atoms with E-state index in [0.717, 1.165) is 0 Å². The van der Waals surface area contributed by atoms with Crippen LogP contribution in [-0.2, 0) is 5.75 Å². The fraction of sp³-hybridized carbons (Fsp3) is 0.556. The Morgan fingerprint density at radius 3 is 2.75 bits per heavy atom. The molecule has 0 atom stereocenters. The first-order valence-corrected chi connectivity index (χ1v) is 5.86. The number of halogens is 1. The zero-order valence-electron chi connectivity index (χ0n) is 9.18. The van der Waals surface area contributed by atoms with Gasteiger partial charge < -0.3 is 10.9 Å². The second-order valence-corrected chi connectivity index (χ2v) is 4.45. The maximum atomic E-state index is 9.64. The molecule has 16 heavy (non-hydrogen) atoms. The number of thiol groups is 1. The van der Waals surface area contributed by atoms with Crippen LogP contribution in [0.1, 0.15) is 19.5 Å². The monoisotopic (exact) mass is 262 g/mol. The van der Waals surface area contributed by atoms with Crippen LogP contribution < -0.4 is 11.2 Å². The summed E-state index contributed by atoms with van der Waals surface area (Å²) in [5.74, 6) is 0.662. The third-order valence-electron chi connectivity index (χ3n) is 1.87. The molecule has 0 unspecified atom stereocenters. The van der Waals surface area contributed by atoms with Crippen molar-refractivity contribution in [1.82, 2.24) is 9.71 Å². The van der Waals surface area contributed by atoms with Gasteiger partial charge in [-0.05, 0) is 5.92 Å². The average Bonchev–Trinajstić information content (AvgIpc) is 2.23. The molecule has 0 saturated heterocycles. The van der Waals surface area contributed by atoms with Gasteiger partial charge in [0, 0.05) is 12.3 Å². The average molecular weight is 263 g/mol. The highest BCUT2D eigenvalue weighted by molar-refractivity contribution is 7.79. The summed E-state index contributed by atoms with van der Waals surface area (Å²) in [6, 6.07) is 0. The van der Waals surface area contributed by atoms with E-state index < -0.39 is 0 Å². The number of hydrogen-bond acceptors (Lipinski definition) is 5. The topological polar surface area (TPSA) is 76.4 Å². The molecule has 0 amide bonds. The van der Waals surface area contributed by atoms with Gasteiger partial charge in [0.2, 0.25) is 5.95 Å². The molecule has 0 aromatic carbocycles. The summed E-state index contributed by atoms with van der Waals surface area (Å²) >= 11 is 10.1. The van der Waals surface area contributed by atoms with Crippen molar-refractivity contribution in [2.45, 2.75) is 19.6 Å². The van der Waals surface area contributed by atoms with E-state index in [2.05, 4.69) is 22.6 Å². The lowest BCUT2D eigenvalue weighted by molar-refractivity contribution is 0.174. The van der Waals surface area contributed by atoms with Crippen molar-refractivity contribution < 1.29 is 5.21 Å². The predicted octanol–water partition coefficient (Wildman–Crippen LogP) is 1.34. The maximum absolute atomic E-state index is 9.64. The predicted molar refractivity (Wildman–Crippen MR) is 66.8 cm³/mol. The Morgan fingerprint density at radius 2 is 2.25 bits per heavy atom. The number of nitrogen functional groups attached to an aromatic ring is 1. The van der Waals surface area contributed by atoms with Crippen LogP contribution in [0.5, 0.6) is 0 Å². The Balaban J connectivity index is 3.35. The highest BCUT2D eigenvalue weighted by Crippen LogP contribution is 2.12. The van der Waals surface area contributed by atoms with Crippen LogP contribution in [0.4, 0.5) is 5.95 Å². The summed E-state index contributed by atoms with van der Waals surface area (Å²) in [5, 5.41) is 9.92. The van der Waals surface area contributed by atoms with Crippen LogP contribution in [0.15, 0.2) is 4.99 Å². The van der Waals surface area contributed by atoms with Crippen LogP contribution in [0.3, 0.4) is 0 Å². The van der Waals surface area contributed by atoms with Gasteiger partial charge in [0.1, 0.15) is 5.02 Å². The molecule has 0 aliphatic rings. The van der Waals surface area contributed by atoms with Gasteiger partial charge in [0.05, 0.1) is 5.69 Å². The van der Waals surface area contributed by atoms with Crippen LogP contribution >= 0.6 is 24.2 Å². The molecular formula is C9H15ClN4OS. The lowest BCUT2D eigenvalue weighted by Crippen LogP contribution is -2.26. The molecule has 3 N–H and O–H groups in total. The van der Waals surface area contributed by atoms with E-state index in [9.17, 15) is 5.21 Å². The highest BCUT2D eigenvalue weighted by Gasteiger charge is 2.10. The van der Waals surface area contributed by atoms with Crippen LogP contribution in [-0.4, -0.2) is 21.5 Å². The minimum absolute atomic E-state index is 0.0454. The number of aromatic nitrogens is 2. The number of anilines is 1. The van der Waals surface area contributed by atoms with Crippen molar-refractivity contribution in [3.63, 3.8) is 0 Å². The third kappa shape index (κ3) is 2.82. The molecule has 90 valence electrons. The molecular weight excluding hydrogens is 248 g/mol. The minimum Gasteiger partial charge on any atom is -0.423 e. The number of nitrogens with two attached hydrogens (primary N) is 1. The summed E-state index contributed by atoms with van der Waals surface area (Å²) in [6.45, 7) is 4.59. The summed E-state index contributed by atoms with van der Waals surface area (Å²) in [6.07, 6.45) is 0. The van der Waals surface area contributed by atoms with Gasteiger partial charge >= 0.3 is 0 Å². The second kappa shape index (κ2) is 5.45. The molecule has 0 fully saturated rings. The molecule has 5 nitrogen and oxygen atoms in total. The quantitative estimate of drug-likeness (QED) is 0.568. The fourth-order valence-corrected chi connectivity index (χ4v) is 1.65. The van der Waals surface area contributed by atoms with Crippen LogP contribution in [0.2, 0.25) is 5.02 Å². The molecule has 0 bridgehead atoms. The maximum Gasteiger partial charge on any atom is 0.236 e. The molecule has 7 heteroatoms. The van der Waals surface area contributed by atoms with E-state index in [1.807, 2.05) is 13.8 Å². The van der Waals surface area contributed by atoms with Crippen molar-refractivity contribution in [2.75, 3.05) is 12.3 Å². The standard InChI is InChI=1S/C9H15ClN4OS/c1-5(2)3-12-8-7(10)6(4-16)13-9(11)14(8)15/h5,15-16H,3-4H2,1-2H3,(H2,11,13). The van der Waals surface area contributed by atoms with Crippen molar-refractivity contribution >= 4 is 30.2 Å². The molecule has 1 aromatic rings. The van der Waals surface area contributed by atoms with Crippen LogP contribution in [0.25, 0.3) is 0 Å². The SMILES string of the molecule is CC(C)CN=c1c(Cl)c(CS)nc(N)n1O. The normalized spacial score (nSPS) is 12.4. The van der Waals surface area contributed by atoms with Crippen molar-refractivity contribution in [3.8, 4) is 0 Å². The first kappa shape index (κ1) is 13.2. The van der Waals surface area contributed by atoms with Gasteiger partial charge in [-0.2, -0.15) is 12.6 Å². The first-order valence-electron chi connectivity index (χ1n) is 4.84. The summed E-state index contributed by atoms with van der Waals surface area (Å²) in [7, 11) is 0. The Labute approximate surface area is 104 Å². The van der Waals surface area contributed by atoms with Gasteiger partial charge in [0.25, 0.3) is 0 Å².